The molecule has 2 atom stereocenters. The number of nitrogens with one attached hydrogen (secondary N) is 1. The quantitative estimate of drug-likeness (QED) is 0.851. The van der Waals surface area contributed by atoms with E-state index in [-0.39, 0.29) is 11.9 Å². The smallest absolute Gasteiger partial charge is 0.244 e. The molecule has 1 aliphatic rings. The number of allylic oxidation sites excluding steroid dienone is 1. The highest BCUT2D eigenvalue weighted by Crippen LogP contribution is 2.31. The molecule has 4 heteroatoms. The van der Waals surface area contributed by atoms with Crippen molar-refractivity contribution in [3.63, 3.8) is 0 Å². The first-order valence-corrected chi connectivity index (χ1v) is 7.97. The zero-order valence-electron chi connectivity index (χ0n) is 13.8. The fraction of sp³-hybridized carbons (Fsp3) is 0.250. The number of amides is 1. The van der Waals surface area contributed by atoms with Crippen LogP contribution in [0.25, 0.3) is 5.57 Å². The van der Waals surface area contributed by atoms with E-state index in [0.29, 0.717) is 6.42 Å². The van der Waals surface area contributed by atoms with Gasteiger partial charge in [-0.05, 0) is 41.3 Å². The van der Waals surface area contributed by atoms with E-state index in [9.17, 15) is 9.90 Å². The SMILES string of the molecule is COc1cccc(/C(C)=C/C(=O)NC2c3ccccc3CC2O)c1. The summed E-state index contributed by atoms with van der Waals surface area (Å²) in [4.78, 5) is 12.4. The number of hydrogen-bond donors (Lipinski definition) is 2. The van der Waals surface area contributed by atoms with Crippen LogP contribution in [0.15, 0.2) is 54.6 Å². The number of rotatable bonds is 4. The summed E-state index contributed by atoms with van der Waals surface area (Å²) >= 11 is 0. The van der Waals surface area contributed by atoms with Crippen molar-refractivity contribution in [2.45, 2.75) is 25.5 Å². The van der Waals surface area contributed by atoms with Gasteiger partial charge >= 0.3 is 0 Å². The van der Waals surface area contributed by atoms with Crippen molar-refractivity contribution in [3.05, 3.63) is 71.3 Å². The number of methoxy groups -OCH3 is 1. The second-order valence-corrected chi connectivity index (χ2v) is 6.02. The molecular formula is C20H21NO3. The molecule has 124 valence electrons. The van der Waals surface area contributed by atoms with Gasteiger partial charge in [0.05, 0.1) is 19.3 Å². The summed E-state index contributed by atoms with van der Waals surface area (Å²) in [5, 5.41) is 13.1. The Morgan fingerprint density at radius 3 is 2.83 bits per heavy atom. The molecule has 2 N–H and O–H groups in total. The number of aliphatic hydroxyl groups is 1. The molecule has 0 fully saturated rings. The summed E-state index contributed by atoms with van der Waals surface area (Å²) in [5.74, 6) is 0.539. The minimum atomic E-state index is -0.586. The van der Waals surface area contributed by atoms with Crippen LogP contribution in [0.4, 0.5) is 0 Å². The van der Waals surface area contributed by atoms with Crippen molar-refractivity contribution in [3.8, 4) is 5.75 Å². The van der Waals surface area contributed by atoms with Gasteiger partial charge in [0, 0.05) is 12.5 Å². The van der Waals surface area contributed by atoms with Gasteiger partial charge in [0.1, 0.15) is 5.75 Å². The van der Waals surface area contributed by atoms with Crippen molar-refractivity contribution in [1.29, 1.82) is 0 Å². The highest BCUT2D eigenvalue weighted by Gasteiger charge is 2.31. The summed E-state index contributed by atoms with van der Waals surface area (Å²) in [6.07, 6.45) is 1.54. The van der Waals surface area contributed by atoms with Crippen LogP contribution in [0.2, 0.25) is 0 Å². The van der Waals surface area contributed by atoms with Gasteiger partial charge in [0.15, 0.2) is 0 Å². The number of carbonyl (C=O) groups excluding carboxylic acids is 1. The maximum atomic E-state index is 12.4. The Bertz CT molecular complexity index is 782. The average molecular weight is 323 g/mol. The Labute approximate surface area is 141 Å². The molecule has 1 amide bonds. The van der Waals surface area contributed by atoms with Crippen molar-refractivity contribution >= 4 is 11.5 Å². The Morgan fingerprint density at radius 2 is 2.04 bits per heavy atom. The maximum absolute atomic E-state index is 12.4. The van der Waals surface area contributed by atoms with Gasteiger partial charge in [-0.15, -0.1) is 0 Å². The van der Waals surface area contributed by atoms with E-state index < -0.39 is 6.10 Å². The molecule has 1 aliphatic carbocycles. The third-order valence-corrected chi connectivity index (χ3v) is 4.37. The summed E-state index contributed by atoms with van der Waals surface area (Å²) in [7, 11) is 1.61. The van der Waals surface area contributed by atoms with Gasteiger partial charge in [-0.25, -0.2) is 0 Å². The molecule has 0 saturated heterocycles. The molecule has 0 heterocycles. The molecule has 2 aromatic rings. The minimum absolute atomic E-state index is 0.212. The average Bonchev–Trinajstić information content (AvgIpc) is 2.90. The zero-order valence-corrected chi connectivity index (χ0v) is 13.8. The summed E-state index contributed by atoms with van der Waals surface area (Å²) in [6, 6.07) is 15.0. The lowest BCUT2D eigenvalue weighted by atomic mass is 10.1. The Hall–Kier alpha value is -2.59. The molecule has 0 radical (unpaired) electrons. The number of ether oxygens (including phenoxy) is 1. The predicted molar refractivity (Wildman–Crippen MR) is 93.7 cm³/mol. The van der Waals surface area contributed by atoms with Gasteiger partial charge in [-0.2, -0.15) is 0 Å². The highest BCUT2D eigenvalue weighted by molar-refractivity contribution is 5.95. The summed E-state index contributed by atoms with van der Waals surface area (Å²) in [5.41, 5.74) is 3.85. The lowest BCUT2D eigenvalue weighted by Crippen LogP contribution is -2.32. The molecule has 2 aromatic carbocycles. The van der Waals surface area contributed by atoms with Crippen LogP contribution in [-0.4, -0.2) is 24.2 Å². The zero-order chi connectivity index (χ0) is 17.1. The monoisotopic (exact) mass is 323 g/mol. The van der Waals surface area contributed by atoms with Crippen LogP contribution in [-0.2, 0) is 11.2 Å². The van der Waals surface area contributed by atoms with Crippen LogP contribution >= 0.6 is 0 Å². The second kappa shape index (κ2) is 6.89. The van der Waals surface area contributed by atoms with E-state index in [1.807, 2.05) is 55.5 Å². The highest BCUT2D eigenvalue weighted by atomic mass is 16.5. The third-order valence-electron chi connectivity index (χ3n) is 4.37. The number of hydrogen-bond acceptors (Lipinski definition) is 3. The van der Waals surface area contributed by atoms with Crippen LogP contribution in [0.3, 0.4) is 0 Å². The molecule has 0 saturated carbocycles. The molecule has 0 aromatic heterocycles. The first-order chi connectivity index (χ1) is 11.6. The first kappa shape index (κ1) is 16.3. The molecule has 24 heavy (non-hydrogen) atoms. The van der Waals surface area contributed by atoms with Gasteiger partial charge in [-0.3, -0.25) is 4.79 Å². The Morgan fingerprint density at radius 1 is 1.25 bits per heavy atom. The Kier molecular flexibility index (Phi) is 4.67. The topological polar surface area (TPSA) is 58.6 Å². The number of benzene rings is 2. The van der Waals surface area contributed by atoms with Crippen molar-refractivity contribution < 1.29 is 14.6 Å². The fourth-order valence-corrected chi connectivity index (χ4v) is 3.09. The lowest BCUT2D eigenvalue weighted by molar-refractivity contribution is -0.117. The van der Waals surface area contributed by atoms with Crippen LogP contribution in [0.1, 0.15) is 29.7 Å². The van der Waals surface area contributed by atoms with Gasteiger partial charge in [0.2, 0.25) is 5.91 Å². The first-order valence-electron chi connectivity index (χ1n) is 7.97. The number of carbonyl (C=O) groups is 1. The summed E-state index contributed by atoms with van der Waals surface area (Å²) in [6.45, 7) is 1.88. The third kappa shape index (κ3) is 3.34. The van der Waals surface area contributed by atoms with Crippen LogP contribution < -0.4 is 10.1 Å². The van der Waals surface area contributed by atoms with Gasteiger partial charge in [-0.1, -0.05) is 36.4 Å². The molecule has 0 aliphatic heterocycles. The van der Waals surface area contributed by atoms with E-state index >= 15 is 0 Å². The number of aliphatic hydroxyl groups excluding tert-OH is 1. The molecular weight excluding hydrogens is 302 g/mol. The van der Waals surface area contributed by atoms with Crippen LogP contribution in [0.5, 0.6) is 5.75 Å². The molecule has 2 unspecified atom stereocenters. The van der Waals surface area contributed by atoms with Gasteiger partial charge < -0.3 is 15.2 Å². The van der Waals surface area contributed by atoms with Crippen molar-refractivity contribution in [2.24, 2.45) is 0 Å². The predicted octanol–water partition coefficient (Wildman–Crippen LogP) is 2.87. The lowest BCUT2D eigenvalue weighted by Gasteiger charge is -2.17. The Balaban J connectivity index is 1.75. The minimum Gasteiger partial charge on any atom is -0.497 e. The maximum Gasteiger partial charge on any atom is 0.244 e. The molecule has 0 spiro atoms. The van der Waals surface area contributed by atoms with Gasteiger partial charge in [0.25, 0.3) is 0 Å². The second-order valence-electron chi connectivity index (χ2n) is 6.02. The van der Waals surface area contributed by atoms with E-state index in [2.05, 4.69) is 5.32 Å². The summed E-state index contributed by atoms with van der Waals surface area (Å²) < 4.78 is 5.21. The van der Waals surface area contributed by atoms with Crippen molar-refractivity contribution in [1.82, 2.24) is 5.32 Å². The van der Waals surface area contributed by atoms with Crippen LogP contribution in [0, 0.1) is 0 Å². The van der Waals surface area contributed by atoms with E-state index in [0.717, 1.165) is 28.0 Å². The van der Waals surface area contributed by atoms with Crippen molar-refractivity contribution in [2.75, 3.05) is 7.11 Å². The molecule has 4 nitrogen and oxygen atoms in total. The largest absolute Gasteiger partial charge is 0.497 e. The van der Waals surface area contributed by atoms with E-state index in [1.165, 1.54) is 0 Å². The molecule has 0 bridgehead atoms. The van der Waals surface area contributed by atoms with E-state index in [1.54, 1.807) is 13.2 Å². The molecule has 3 rings (SSSR count). The standard InChI is InChI=1S/C20H21NO3/c1-13(14-7-5-8-16(11-14)24-2)10-19(23)21-20-17-9-4-3-6-15(17)12-18(20)22/h3-11,18,20,22H,12H2,1-2H3,(H,21,23)/b13-10+. The number of fused-ring (bicyclic) bond motifs is 1. The normalized spacial score (nSPS) is 19.7. The fourth-order valence-electron chi connectivity index (χ4n) is 3.09. The van der Waals surface area contributed by atoms with E-state index in [4.69, 9.17) is 4.74 Å².